The number of nitrogens with zero attached hydrogens (tertiary/aromatic N) is 1. The van der Waals surface area contributed by atoms with Gasteiger partial charge in [-0.2, -0.15) is 0 Å². The van der Waals surface area contributed by atoms with Gasteiger partial charge in [-0.05, 0) is 36.0 Å². The van der Waals surface area contributed by atoms with Gasteiger partial charge in [0.25, 0.3) is 0 Å². The van der Waals surface area contributed by atoms with Crippen molar-refractivity contribution in [2.45, 2.75) is 66.8 Å². The van der Waals surface area contributed by atoms with Gasteiger partial charge in [0.2, 0.25) is 0 Å². The highest BCUT2D eigenvalue weighted by Crippen LogP contribution is 2.47. The van der Waals surface area contributed by atoms with Crippen LogP contribution in [0.4, 0.5) is 0 Å². The molecule has 0 atom stereocenters. The standard InChI is InChI=1S/C16H31NO2/c1-12(2)9-17(10-14(18)19)13-7-15(3,4)11-16(5,6)8-13/h12-13H,7-11H2,1-6H3,(H,18,19). The third-order valence-electron chi connectivity index (χ3n) is 3.99. The van der Waals surface area contributed by atoms with Crippen LogP contribution < -0.4 is 0 Å². The van der Waals surface area contributed by atoms with Gasteiger partial charge in [-0.1, -0.05) is 41.5 Å². The second kappa shape index (κ2) is 5.82. The molecule has 1 saturated carbocycles. The zero-order chi connectivity index (χ0) is 14.8. The van der Waals surface area contributed by atoms with Gasteiger partial charge in [-0.25, -0.2) is 0 Å². The molecule has 0 bridgehead atoms. The van der Waals surface area contributed by atoms with Crippen LogP contribution in [0.5, 0.6) is 0 Å². The lowest BCUT2D eigenvalue weighted by molar-refractivity contribution is -0.140. The van der Waals surface area contributed by atoms with E-state index < -0.39 is 5.97 Å². The lowest BCUT2D eigenvalue weighted by atomic mass is 9.63. The zero-order valence-corrected chi connectivity index (χ0v) is 13.5. The molecule has 0 radical (unpaired) electrons. The van der Waals surface area contributed by atoms with Crippen molar-refractivity contribution in [2.24, 2.45) is 16.7 Å². The first-order valence-corrected chi connectivity index (χ1v) is 7.47. The van der Waals surface area contributed by atoms with Crippen LogP contribution in [0.15, 0.2) is 0 Å². The van der Waals surface area contributed by atoms with Crippen molar-refractivity contribution in [1.29, 1.82) is 0 Å². The van der Waals surface area contributed by atoms with Gasteiger partial charge in [0.1, 0.15) is 0 Å². The Bertz CT molecular complexity index is 305. The molecule has 0 aromatic heterocycles. The molecule has 0 aromatic carbocycles. The van der Waals surface area contributed by atoms with Gasteiger partial charge in [0, 0.05) is 12.6 Å². The second-order valence-electron chi connectivity index (χ2n) is 8.28. The van der Waals surface area contributed by atoms with Crippen LogP contribution in [0.1, 0.15) is 60.8 Å². The first kappa shape index (κ1) is 16.5. The van der Waals surface area contributed by atoms with Crippen molar-refractivity contribution in [3.05, 3.63) is 0 Å². The third kappa shape index (κ3) is 5.52. The summed E-state index contributed by atoms with van der Waals surface area (Å²) < 4.78 is 0. The minimum atomic E-state index is -0.707. The smallest absolute Gasteiger partial charge is 0.317 e. The predicted molar refractivity (Wildman–Crippen MR) is 79.2 cm³/mol. The van der Waals surface area contributed by atoms with Gasteiger partial charge >= 0.3 is 5.97 Å². The monoisotopic (exact) mass is 269 g/mol. The Balaban J connectivity index is 2.84. The molecular formula is C16H31NO2. The number of carboxylic acids is 1. The van der Waals surface area contributed by atoms with Crippen LogP contribution in [-0.2, 0) is 4.79 Å². The summed E-state index contributed by atoms with van der Waals surface area (Å²) in [7, 11) is 0. The molecule has 1 fully saturated rings. The SMILES string of the molecule is CC(C)CN(CC(=O)O)C1CC(C)(C)CC(C)(C)C1. The summed E-state index contributed by atoms with van der Waals surface area (Å²) in [5.41, 5.74) is 0.611. The molecule has 0 heterocycles. The molecule has 0 saturated heterocycles. The van der Waals surface area contributed by atoms with Crippen LogP contribution in [-0.4, -0.2) is 35.1 Å². The van der Waals surface area contributed by atoms with Gasteiger partial charge in [0.05, 0.1) is 6.54 Å². The first-order chi connectivity index (χ1) is 8.51. The molecule has 1 aliphatic rings. The average molecular weight is 269 g/mol. The Morgan fingerprint density at radius 1 is 1.21 bits per heavy atom. The minimum absolute atomic E-state index is 0.176. The summed E-state index contributed by atoms with van der Waals surface area (Å²) in [6, 6.07) is 0.400. The molecule has 1 rings (SSSR count). The summed E-state index contributed by atoms with van der Waals surface area (Å²) >= 11 is 0. The summed E-state index contributed by atoms with van der Waals surface area (Å²) in [6.07, 6.45) is 3.44. The molecule has 112 valence electrons. The first-order valence-electron chi connectivity index (χ1n) is 7.47. The third-order valence-corrected chi connectivity index (χ3v) is 3.99. The van der Waals surface area contributed by atoms with E-state index in [2.05, 4.69) is 46.4 Å². The maximum Gasteiger partial charge on any atom is 0.317 e. The van der Waals surface area contributed by atoms with Gasteiger partial charge in [-0.15, -0.1) is 0 Å². The van der Waals surface area contributed by atoms with E-state index in [-0.39, 0.29) is 6.54 Å². The van der Waals surface area contributed by atoms with Gasteiger partial charge in [-0.3, -0.25) is 9.69 Å². The van der Waals surface area contributed by atoms with Crippen molar-refractivity contribution in [1.82, 2.24) is 4.90 Å². The van der Waals surface area contributed by atoms with Crippen molar-refractivity contribution < 1.29 is 9.90 Å². The topological polar surface area (TPSA) is 40.5 Å². The Morgan fingerprint density at radius 2 is 1.68 bits per heavy atom. The van der Waals surface area contributed by atoms with Crippen LogP contribution in [0.2, 0.25) is 0 Å². The van der Waals surface area contributed by atoms with E-state index in [1.165, 1.54) is 6.42 Å². The van der Waals surface area contributed by atoms with E-state index in [9.17, 15) is 4.79 Å². The fraction of sp³-hybridized carbons (Fsp3) is 0.938. The minimum Gasteiger partial charge on any atom is -0.480 e. The molecular weight excluding hydrogens is 238 g/mol. The van der Waals surface area contributed by atoms with E-state index >= 15 is 0 Å². The van der Waals surface area contributed by atoms with Crippen LogP contribution >= 0.6 is 0 Å². The highest BCUT2D eigenvalue weighted by Gasteiger charge is 2.40. The number of hydrogen-bond donors (Lipinski definition) is 1. The largest absolute Gasteiger partial charge is 0.480 e. The summed E-state index contributed by atoms with van der Waals surface area (Å²) in [5.74, 6) is -0.200. The predicted octanol–water partition coefficient (Wildman–Crippen LogP) is 3.63. The second-order valence-corrected chi connectivity index (χ2v) is 8.28. The summed E-state index contributed by atoms with van der Waals surface area (Å²) in [4.78, 5) is 13.3. The maximum absolute atomic E-state index is 11.1. The number of rotatable bonds is 5. The molecule has 0 spiro atoms. The van der Waals surface area contributed by atoms with E-state index in [0.29, 0.717) is 22.8 Å². The summed E-state index contributed by atoms with van der Waals surface area (Å²) in [6.45, 7) is 14.6. The Hall–Kier alpha value is -0.570. The summed E-state index contributed by atoms with van der Waals surface area (Å²) in [5, 5.41) is 9.15. The normalized spacial score (nSPS) is 22.9. The fourth-order valence-electron chi connectivity index (χ4n) is 4.03. The Labute approximate surface area is 118 Å². The number of carbonyl (C=O) groups is 1. The molecule has 0 unspecified atom stereocenters. The molecule has 3 heteroatoms. The lowest BCUT2D eigenvalue weighted by Gasteiger charge is -2.48. The van der Waals surface area contributed by atoms with Crippen molar-refractivity contribution >= 4 is 5.97 Å². The van der Waals surface area contributed by atoms with Crippen molar-refractivity contribution in [3.8, 4) is 0 Å². The molecule has 19 heavy (non-hydrogen) atoms. The maximum atomic E-state index is 11.1. The van der Waals surface area contributed by atoms with E-state index in [4.69, 9.17) is 5.11 Å². The Kier molecular flexibility index (Phi) is 5.05. The van der Waals surface area contributed by atoms with Gasteiger partial charge in [0.15, 0.2) is 0 Å². The zero-order valence-electron chi connectivity index (χ0n) is 13.5. The lowest BCUT2D eigenvalue weighted by Crippen LogP contribution is -2.49. The van der Waals surface area contributed by atoms with Crippen LogP contribution in [0.25, 0.3) is 0 Å². The Morgan fingerprint density at radius 3 is 2.05 bits per heavy atom. The number of hydrogen-bond acceptors (Lipinski definition) is 2. The average Bonchev–Trinajstić information content (AvgIpc) is 2.09. The van der Waals surface area contributed by atoms with Crippen molar-refractivity contribution in [2.75, 3.05) is 13.1 Å². The van der Waals surface area contributed by atoms with Crippen LogP contribution in [0.3, 0.4) is 0 Å². The highest BCUT2D eigenvalue weighted by molar-refractivity contribution is 5.69. The van der Waals surface area contributed by atoms with E-state index in [1.807, 2.05) is 0 Å². The molecule has 0 aromatic rings. The fourth-order valence-corrected chi connectivity index (χ4v) is 4.03. The number of aliphatic carboxylic acids is 1. The van der Waals surface area contributed by atoms with E-state index in [0.717, 1.165) is 19.4 Å². The van der Waals surface area contributed by atoms with Gasteiger partial charge < -0.3 is 5.11 Å². The molecule has 1 aliphatic carbocycles. The van der Waals surface area contributed by atoms with Crippen molar-refractivity contribution in [3.63, 3.8) is 0 Å². The quantitative estimate of drug-likeness (QED) is 0.828. The van der Waals surface area contributed by atoms with Crippen LogP contribution in [0, 0.1) is 16.7 Å². The molecule has 3 nitrogen and oxygen atoms in total. The molecule has 0 amide bonds. The highest BCUT2D eigenvalue weighted by atomic mass is 16.4. The number of carboxylic acid groups (broad SMARTS) is 1. The molecule has 1 N–H and O–H groups in total. The molecule has 0 aliphatic heterocycles. The van der Waals surface area contributed by atoms with E-state index in [1.54, 1.807) is 0 Å².